The highest BCUT2D eigenvalue weighted by Crippen LogP contribution is 2.19. The molecule has 1 saturated carbocycles. The fourth-order valence-corrected chi connectivity index (χ4v) is 2.41. The lowest BCUT2D eigenvalue weighted by molar-refractivity contribution is 0.0300. The van der Waals surface area contributed by atoms with E-state index < -0.39 is 0 Å². The van der Waals surface area contributed by atoms with Gasteiger partial charge in [-0.1, -0.05) is 46.0 Å². The van der Waals surface area contributed by atoms with Crippen LogP contribution < -0.4 is 5.32 Å². The van der Waals surface area contributed by atoms with Crippen LogP contribution in [0.25, 0.3) is 0 Å². The smallest absolute Gasteiger partial charge is 0.0594 e. The SMILES string of the molecule is CCC(CC)CNCCOC1CCCCC1. The summed E-state index contributed by atoms with van der Waals surface area (Å²) >= 11 is 0. The second-order valence-corrected chi connectivity index (χ2v) is 5.02. The van der Waals surface area contributed by atoms with Gasteiger partial charge < -0.3 is 10.1 Å². The Labute approximate surface area is 101 Å². The van der Waals surface area contributed by atoms with Crippen LogP contribution in [0.2, 0.25) is 0 Å². The predicted octanol–water partition coefficient (Wildman–Crippen LogP) is 3.36. The van der Waals surface area contributed by atoms with Crippen molar-refractivity contribution in [2.24, 2.45) is 5.92 Å². The van der Waals surface area contributed by atoms with Crippen molar-refractivity contribution in [2.45, 2.75) is 64.9 Å². The molecule has 1 N–H and O–H groups in total. The van der Waals surface area contributed by atoms with E-state index in [1.165, 1.54) is 44.9 Å². The molecule has 0 aromatic carbocycles. The van der Waals surface area contributed by atoms with Crippen LogP contribution in [-0.2, 0) is 4.74 Å². The van der Waals surface area contributed by atoms with Gasteiger partial charge in [-0.3, -0.25) is 0 Å². The number of nitrogens with one attached hydrogen (secondary N) is 1. The van der Waals surface area contributed by atoms with E-state index in [1.54, 1.807) is 0 Å². The number of hydrogen-bond acceptors (Lipinski definition) is 2. The Bertz CT molecular complexity index is 151. The molecule has 1 rings (SSSR count). The van der Waals surface area contributed by atoms with Gasteiger partial charge >= 0.3 is 0 Å². The Morgan fingerprint density at radius 2 is 1.81 bits per heavy atom. The Balaban J connectivity index is 1.90. The molecule has 16 heavy (non-hydrogen) atoms. The lowest BCUT2D eigenvalue weighted by Crippen LogP contribution is -2.28. The average molecular weight is 227 g/mol. The zero-order valence-electron chi connectivity index (χ0n) is 11.1. The first-order chi connectivity index (χ1) is 7.86. The van der Waals surface area contributed by atoms with E-state index in [0.29, 0.717) is 6.10 Å². The Kier molecular flexibility index (Phi) is 7.87. The van der Waals surface area contributed by atoms with Crippen molar-refractivity contribution >= 4 is 0 Å². The minimum absolute atomic E-state index is 0.559. The molecule has 0 aromatic rings. The van der Waals surface area contributed by atoms with E-state index in [4.69, 9.17) is 4.74 Å². The lowest BCUT2D eigenvalue weighted by atomic mass is 9.98. The van der Waals surface area contributed by atoms with Gasteiger partial charge in [0.2, 0.25) is 0 Å². The summed E-state index contributed by atoms with van der Waals surface area (Å²) in [6.07, 6.45) is 9.84. The van der Waals surface area contributed by atoms with Crippen molar-refractivity contribution in [1.29, 1.82) is 0 Å². The maximum Gasteiger partial charge on any atom is 0.0594 e. The van der Waals surface area contributed by atoms with E-state index in [0.717, 1.165) is 25.6 Å². The summed E-state index contributed by atoms with van der Waals surface area (Å²) < 4.78 is 5.87. The zero-order valence-corrected chi connectivity index (χ0v) is 11.1. The molecule has 2 nitrogen and oxygen atoms in total. The van der Waals surface area contributed by atoms with Crippen LogP contribution in [0.15, 0.2) is 0 Å². The molecule has 0 unspecified atom stereocenters. The first-order valence-electron chi connectivity index (χ1n) is 7.19. The van der Waals surface area contributed by atoms with Gasteiger partial charge in [0.15, 0.2) is 0 Å². The molecule has 1 fully saturated rings. The fraction of sp³-hybridized carbons (Fsp3) is 1.00. The second-order valence-electron chi connectivity index (χ2n) is 5.02. The Hall–Kier alpha value is -0.0800. The van der Waals surface area contributed by atoms with E-state index >= 15 is 0 Å². The average Bonchev–Trinajstić information content (AvgIpc) is 2.35. The molecule has 0 amide bonds. The minimum Gasteiger partial charge on any atom is -0.377 e. The van der Waals surface area contributed by atoms with Crippen LogP contribution in [0.5, 0.6) is 0 Å². The molecular weight excluding hydrogens is 198 g/mol. The number of rotatable bonds is 8. The van der Waals surface area contributed by atoms with Gasteiger partial charge in [-0.2, -0.15) is 0 Å². The number of hydrogen-bond donors (Lipinski definition) is 1. The van der Waals surface area contributed by atoms with Gasteiger partial charge in [0.05, 0.1) is 12.7 Å². The quantitative estimate of drug-likeness (QED) is 0.642. The van der Waals surface area contributed by atoms with Crippen molar-refractivity contribution in [3.63, 3.8) is 0 Å². The van der Waals surface area contributed by atoms with Crippen molar-refractivity contribution in [3.05, 3.63) is 0 Å². The molecule has 0 aromatic heterocycles. The van der Waals surface area contributed by atoms with Crippen LogP contribution >= 0.6 is 0 Å². The summed E-state index contributed by atoms with van der Waals surface area (Å²) in [6, 6.07) is 0. The molecule has 96 valence electrons. The number of ether oxygens (including phenoxy) is 1. The highest BCUT2D eigenvalue weighted by molar-refractivity contribution is 4.65. The molecule has 0 atom stereocenters. The summed E-state index contributed by atoms with van der Waals surface area (Å²) in [4.78, 5) is 0. The summed E-state index contributed by atoms with van der Waals surface area (Å²) in [5, 5.41) is 3.50. The second kappa shape index (κ2) is 9.00. The third-order valence-corrected chi connectivity index (χ3v) is 3.77. The lowest BCUT2D eigenvalue weighted by Gasteiger charge is -2.22. The van der Waals surface area contributed by atoms with E-state index in [9.17, 15) is 0 Å². The maximum absolute atomic E-state index is 5.87. The van der Waals surface area contributed by atoms with Gasteiger partial charge in [-0.05, 0) is 25.3 Å². The third kappa shape index (κ3) is 5.86. The molecular formula is C14H29NO. The molecule has 0 spiro atoms. The fourth-order valence-electron chi connectivity index (χ4n) is 2.41. The van der Waals surface area contributed by atoms with E-state index in [-0.39, 0.29) is 0 Å². The zero-order chi connectivity index (χ0) is 11.6. The normalized spacial score (nSPS) is 18.2. The summed E-state index contributed by atoms with van der Waals surface area (Å²) in [6.45, 7) is 7.61. The van der Waals surface area contributed by atoms with Crippen molar-refractivity contribution in [1.82, 2.24) is 5.32 Å². The highest BCUT2D eigenvalue weighted by Gasteiger charge is 2.12. The minimum atomic E-state index is 0.559. The largest absolute Gasteiger partial charge is 0.377 e. The van der Waals surface area contributed by atoms with Gasteiger partial charge in [-0.15, -0.1) is 0 Å². The predicted molar refractivity (Wildman–Crippen MR) is 69.8 cm³/mol. The van der Waals surface area contributed by atoms with Crippen LogP contribution in [-0.4, -0.2) is 25.8 Å². The van der Waals surface area contributed by atoms with E-state index in [1.807, 2.05) is 0 Å². The van der Waals surface area contributed by atoms with Crippen LogP contribution in [0, 0.1) is 5.92 Å². The molecule has 0 heterocycles. The van der Waals surface area contributed by atoms with Gasteiger partial charge in [-0.25, -0.2) is 0 Å². The molecule has 1 aliphatic rings. The van der Waals surface area contributed by atoms with Crippen molar-refractivity contribution < 1.29 is 4.74 Å². The monoisotopic (exact) mass is 227 g/mol. The molecule has 1 aliphatic carbocycles. The Morgan fingerprint density at radius 1 is 1.12 bits per heavy atom. The Morgan fingerprint density at radius 3 is 2.44 bits per heavy atom. The summed E-state index contributed by atoms with van der Waals surface area (Å²) in [5.41, 5.74) is 0. The first-order valence-corrected chi connectivity index (χ1v) is 7.19. The van der Waals surface area contributed by atoms with Crippen molar-refractivity contribution in [2.75, 3.05) is 19.7 Å². The van der Waals surface area contributed by atoms with Gasteiger partial charge in [0, 0.05) is 6.54 Å². The first kappa shape index (κ1) is 14.0. The molecule has 0 aliphatic heterocycles. The molecule has 0 radical (unpaired) electrons. The molecule has 2 heteroatoms. The van der Waals surface area contributed by atoms with Gasteiger partial charge in [0.1, 0.15) is 0 Å². The summed E-state index contributed by atoms with van der Waals surface area (Å²) in [7, 11) is 0. The van der Waals surface area contributed by atoms with Crippen molar-refractivity contribution in [3.8, 4) is 0 Å². The van der Waals surface area contributed by atoms with Crippen LogP contribution in [0.3, 0.4) is 0 Å². The topological polar surface area (TPSA) is 21.3 Å². The maximum atomic E-state index is 5.87. The standard InChI is InChI=1S/C14H29NO/c1-3-13(4-2)12-15-10-11-16-14-8-6-5-7-9-14/h13-15H,3-12H2,1-2H3. The van der Waals surface area contributed by atoms with Crippen LogP contribution in [0.1, 0.15) is 58.8 Å². The van der Waals surface area contributed by atoms with E-state index in [2.05, 4.69) is 19.2 Å². The highest BCUT2D eigenvalue weighted by atomic mass is 16.5. The third-order valence-electron chi connectivity index (χ3n) is 3.77. The van der Waals surface area contributed by atoms with Gasteiger partial charge in [0.25, 0.3) is 0 Å². The molecule has 0 saturated heterocycles. The summed E-state index contributed by atoms with van der Waals surface area (Å²) in [5.74, 6) is 0.842. The molecule has 0 bridgehead atoms. The van der Waals surface area contributed by atoms with Crippen LogP contribution in [0.4, 0.5) is 0 Å².